The number of nitrogens with two attached hydrogens (primary N) is 1. The molecule has 0 spiro atoms. The van der Waals surface area contributed by atoms with Gasteiger partial charge in [-0.3, -0.25) is 0 Å². The first-order valence-electron chi connectivity index (χ1n) is 5.72. The van der Waals surface area contributed by atoms with Gasteiger partial charge in [-0.25, -0.2) is 4.98 Å². The SMILES string of the molecule is Cc1cc(CN)cnc1N1CCSCC1C. The Morgan fingerprint density at radius 2 is 2.44 bits per heavy atom. The van der Waals surface area contributed by atoms with Crippen LogP contribution in [-0.2, 0) is 6.54 Å². The number of aryl methyl sites for hydroxylation is 1. The van der Waals surface area contributed by atoms with Gasteiger partial charge in [0, 0.05) is 36.8 Å². The summed E-state index contributed by atoms with van der Waals surface area (Å²) in [7, 11) is 0. The minimum absolute atomic E-state index is 0.569. The Labute approximate surface area is 101 Å². The largest absolute Gasteiger partial charge is 0.352 e. The van der Waals surface area contributed by atoms with Gasteiger partial charge in [0.2, 0.25) is 0 Å². The van der Waals surface area contributed by atoms with Crippen molar-refractivity contribution in [3.8, 4) is 0 Å². The van der Waals surface area contributed by atoms with E-state index < -0.39 is 0 Å². The van der Waals surface area contributed by atoms with Crippen molar-refractivity contribution in [2.24, 2.45) is 5.73 Å². The zero-order valence-electron chi connectivity index (χ0n) is 9.94. The zero-order valence-corrected chi connectivity index (χ0v) is 10.8. The summed E-state index contributed by atoms with van der Waals surface area (Å²) in [5, 5.41) is 0. The Morgan fingerprint density at radius 1 is 1.62 bits per heavy atom. The van der Waals surface area contributed by atoms with E-state index in [2.05, 4.69) is 29.8 Å². The summed E-state index contributed by atoms with van der Waals surface area (Å²) >= 11 is 2.03. The lowest BCUT2D eigenvalue weighted by Gasteiger charge is -2.35. The number of nitrogens with zero attached hydrogens (tertiary/aromatic N) is 2. The Bertz CT molecular complexity index is 367. The van der Waals surface area contributed by atoms with E-state index in [9.17, 15) is 0 Å². The summed E-state index contributed by atoms with van der Waals surface area (Å²) < 4.78 is 0. The fourth-order valence-electron chi connectivity index (χ4n) is 2.08. The maximum Gasteiger partial charge on any atom is 0.131 e. The van der Waals surface area contributed by atoms with Gasteiger partial charge in [0.05, 0.1) is 0 Å². The van der Waals surface area contributed by atoms with E-state index in [4.69, 9.17) is 5.73 Å². The van der Waals surface area contributed by atoms with Gasteiger partial charge in [-0.15, -0.1) is 0 Å². The van der Waals surface area contributed by atoms with E-state index in [1.54, 1.807) is 0 Å². The normalized spacial score (nSPS) is 21.2. The molecular weight excluding hydrogens is 218 g/mol. The Balaban J connectivity index is 2.25. The van der Waals surface area contributed by atoms with Gasteiger partial charge in [0.15, 0.2) is 0 Å². The molecule has 88 valence electrons. The van der Waals surface area contributed by atoms with Crippen LogP contribution < -0.4 is 10.6 Å². The number of thioether (sulfide) groups is 1. The van der Waals surface area contributed by atoms with Crippen LogP contribution in [0.1, 0.15) is 18.1 Å². The van der Waals surface area contributed by atoms with Crippen LogP contribution in [0.15, 0.2) is 12.3 Å². The predicted octanol–water partition coefficient (Wildman–Crippen LogP) is 1.79. The lowest BCUT2D eigenvalue weighted by molar-refractivity contribution is 0.686. The van der Waals surface area contributed by atoms with Crippen LogP contribution in [0.3, 0.4) is 0 Å². The molecule has 0 radical (unpaired) electrons. The van der Waals surface area contributed by atoms with E-state index in [0.29, 0.717) is 12.6 Å². The Morgan fingerprint density at radius 3 is 3.06 bits per heavy atom. The molecule has 2 N–H and O–H groups in total. The molecule has 1 aromatic rings. The molecule has 1 atom stereocenters. The van der Waals surface area contributed by atoms with Crippen molar-refractivity contribution in [1.29, 1.82) is 0 Å². The van der Waals surface area contributed by atoms with Gasteiger partial charge in [0.25, 0.3) is 0 Å². The summed E-state index contributed by atoms with van der Waals surface area (Å²) in [6, 6.07) is 2.73. The van der Waals surface area contributed by atoms with Crippen molar-refractivity contribution in [2.75, 3.05) is 23.0 Å². The minimum atomic E-state index is 0.569. The smallest absolute Gasteiger partial charge is 0.131 e. The molecular formula is C12H19N3S. The van der Waals surface area contributed by atoms with Gasteiger partial charge in [-0.05, 0) is 31.0 Å². The van der Waals surface area contributed by atoms with Crippen LogP contribution >= 0.6 is 11.8 Å². The van der Waals surface area contributed by atoms with Gasteiger partial charge in [-0.2, -0.15) is 11.8 Å². The fraction of sp³-hybridized carbons (Fsp3) is 0.583. The van der Waals surface area contributed by atoms with Gasteiger partial charge < -0.3 is 10.6 Å². The minimum Gasteiger partial charge on any atom is -0.352 e. The second kappa shape index (κ2) is 5.06. The molecule has 0 aromatic carbocycles. The molecule has 3 nitrogen and oxygen atoms in total. The molecule has 16 heavy (non-hydrogen) atoms. The van der Waals surface area contributed by atoms with Crippen LogP contribution in [0.2, 0.25) is 0 Å². The van der Waals surface area contributed by atoms with Crippen LogP contribution in [-0.4, -0.2) is 29.1 Å². The molecule has 1 aliphatic rings. The average molecular weight is 237 g/mol. The highest BCUT2D eigenvalue weighted by Gasteiger charge is 2.21. The van der Waals surface area contributed by atoms with E-state index in [0.717, 1.165) is 17.9 Å². The molecule has 1 saturated heterocycles. The maximum absolute atomic E-state index is 5.62. The first-order valence-corrected chi connectivity index (χ1v) is 6.88. The predicted molar refractivity (Wildman–Crippen MR) is 71.0 cm³/mol. The standard InChI is InChI=1S/C12H19N3S/c1-9-5-11(6-13)7-14-12(9)15-3-4-16-8-10(15)2/h5,7,10H,3-4,6,8,13H2,1-2H3. The molecule has 0 aliphatic carbocycles. The van der Waals surface area contributed by atoms with Gasteiger partial charge in [-0.1, -0.05) is 0 Å². The average Bonchev–Trinajstić information content (AvgIpc) is 2.30. The molecule has 2 heterocycles. The van der Waals surface area contributed by atoms with Crippen molar-refractivity contribution < 1.29 is 0 Å². The molecule has 2 rings (SSSR count). The maximum atomic E-state index is 5.62. The number of hydrogen-bond donors (Lipinski definition) is 1. The molecule has 0 saturated carbocycles. The Hall–Kier alpha value is -0.740. The van der Waals surface area contributed by atoms with E-state index in [1.165, 1.54) is 17.1 Å². The van der Waals surface area contributed by atoms with Crippen LogP contribution in [0, 0.1) is 6.92 Å². The van der Waals surface area contributed by atoms with E-state index >= 15 is 0 Å². The van der Waals surface area contributed by atoms with Gasteiger partial charge in [0.1, 0.15) is 5.82 Å². The summed E-state index contributed by atoms with van der Waals surface area (Å²) in [6.07, 6.45) is 1.90. The third-order valence-corrected chi connectivity index (χ3v) is 4.17. The highest BCUT2D eigenvalue weighted by molar-refractivity contribution is 7.99. The number of pyridine rings is 1. The van der Waals surface area contributed by atoms with Crippen LogP contribution in [0.5, 0.6) is 0 Å². The summed E-state index contributed by atoms with van der Waals surface area (Å²) in [5.74, 6) is 3.52. The molecule has 1 unspecified atom stereocenters. The second-order valence-corrected chi connectivity index (χ2v) is 5.46. The topological polar surface area (TPSA) is 42.1 Å². The highest BCUT2D eigenvalue weighted by Crippen LogP contribution is 2.25. The fourth-order valence-corrected chi connectivity index (χ4v) is 3.09. The van der Waals surface area contributed by atoms with Gasteiger partial charge >= 0.3 is 0 Å². The molecule has 1 fully saturated rings. The monoisotopic (exact) mass is 237 g/mol. The number of hydrogen-bond acceptors (Lipinski definition) is 4. The summed E-state index contributed by atoms with van der Waals surface area (Å²) in [5.41, 5.74) is 7.97. The quantitative estimate of drug-likeness (QED) is 0.851. The lowest BCUT2D eigenvalue weighted by Crippen LogP contribution is -2.41. The zero-order chi connectivity index (χ0) is 11.5. The third-order valence-electron chi connectivity index (χ3n) is 2.98. The number of anilines is 1. The van der Waals surface area contributed by atoms with E-state index in [1.807, 2.05) is 18.0 Å². The highest BCUT2D eigenvalue weighted by atomic mass is 32.2. The molecule has 4 heteroatoms. The first kappa shape index (κ1) is 11.7. The van der Waals surface area contributed by atoms with Crippen molar-refractivity contribution >= 4 is 17.6 Å². The molecule has 0 amide bonds. The van der Waals surface area contributed by atoms with Crippen molar-refractivity contribution in [1.82, 2.24) is 4.98 Å². The van der Waals surface area contributed by atoms with Crippen LogP contribution in [0.25, 0.3) is 0 Å². The Kier molecular flexibility index (Phi) is 3.71. The van der Waals surface area contributed by atoms with Crippen molar-refractivity contribution in [3.05, 3.63) is 23.4 Å². The second-order valence-electron chi connectivity index (χ2n) is 4.31. The third kappa shape index (κ3) is 2.33. The summed E-state index contributed by atoms with van der Waals surface area (Å²) in [6.45, 7) is 6.06. The summed E-state index contributed by atoms with van der Waals surface area (Å²) in [4.78, 5) is 6.97. The molecule has 1 aliphatic heterocycles. The molecule has 1 aromatic heterocycles. The number of aromatic nitrogens is 1. The first-order chi connectivity index (χ1) is 7.72. The lowest BCUT2D eigenvalue weighted by atomic mass is 10.1. The van der Waals surface area contributed by atoms with Crippen molar-refractivity contribution in [2.45, 2.75) is 26.4 Å². The van der Waals surface area contributed by atoms with E-state index in [-0.39, 0.29) is 0 Å². The molecule has 0 bridgehead atoms. The van der Waals surface area contributed by atoms with Crippen LogP contribution in [0.4, 0.5) is 5.82 Å². The van der Waals surface area contributed by atoms with Crippen molar-refractivity contribution in [3.63, 3.8) is 0 Å². The number of rotatable bonds is 2.